The predicted octanol–water partition coefficient (Wildman–Crippen LogP) is 1.11. The summed E-state index contributed by atoms with van der Waals surface area (Å²) in [5.41, 5.74) is 2.37. The highest BCUT2D eigenvalue weighted by Gasteiger charge is 1.93. The average Bonchev–Trinajstić information content (AvgIpc) is 2.33. The number of pyridine rings is 1. The maximum absolute atomic E-state index is 4.95. The van der Waals surface area contributed by atoms with Crippen molar-refractivity contribution in [2.45, 2.75) is 19.9 Å². The van der Waals surface area contributed by atoms with Gasteiger partial charge in [0.2, 0.25) is 0 Å². The van der Waals surface area contributed by atoms with E-state index in [-0.39, 0.29) is 0 Å². The molecule has 0 atom stereocenters. The summed E-state index contributed by atoms with van der Waals surface area (Å²) in [4.78, 5) is 4.18. The van der Waals surface area contributed by atoms with Gasteiger partial charge in [0.15, 0.2) is 0 Å². The number of methoxy groups -OCH3 is 1. The SMILES string of the molecule is COCCNCCCNCc1ccnc(C)c1. The van der Waals surface area contributed by atoms with Crippen molar-refractivity contribution in [3.63, 3.8) is 0 Å². The van der Waals surface area contributed by atoms with Gasteiger partial charge in [-0.15, -0.1) is 0 Å². The molecule has 0 spiro atoms. The van der Waals surface area contributed by atoms with Crippen molar-refractivity contribution in [3.05, 3.63) is 29.6 Å². The van der Waals surface area contributed by atoms with Gasteiger partial charge in [0.05, 0.1) is 6.61 Å². The van der Waals surface area contributed by atoms with E-state index in [0.717, 1.165) is 44.9 Å². The van der Waals surface area contributed by atoms with Crippen molar-refractivity contribution in [2.24, 2.45) is 0 Å². The van der Waals surface area contributed by atoms with Crippen molar-refractivity contribution < 1.29 is 4.74 Å². The summed E-state index contributed by atoms with van der Waals surface area (Å²) in [7, 11) is 1.72. The molecular weight excluding hydrogens is 214 g/mol. The van der Waals surface area contributed by atoms with Gasteiger partial charge >= 0.3 is 0 Å². The molecule has 0 bridgehead atoms. The lowest BCUT2D eigenvalue weighted by atomic mass is 10.2. The van der Waals surface area contributed by atoms with Crippen LogP contribution in [-0.4, -0.2) is 38.3 Å². The zero-order valence-corrected chi connectivity index (χ0v) is 10.8. The Kier molecular flexibility index (Phi) is 7.54. The Bertz CT molecular complexity index is 304. The number of ether oxygens (including phenoxy) is 1. The molecule has 0 aliphatic rings. The lowest BCUT2D eigenvalue weighted by Crippen LogP contribution is -2.24. The molecule has 0 saturated heterocycles. The fourth-order valence-electron chi connectivity index (χ4n) is 1.58. The van der Waals surface area contributed by atoms with Crippen LogP contribution >= 0.6 is 0 Å². The quantitative estimate of drug-likeness (QED) is 0.632. The first-order valence-corrected chi connectivity index (χ1v) is 6.15. The highest BCUT2D eigenvalue weighted by Crippen LogP contribution is 1.99. The van der Waals surface area contributed by atoms with Crippen molar-refractivity contribution in [2.75, 3.05) is 33.4 Å². The molecule has 0 fully saturated rings. The van der Waals surface area contributed by atoms with E-state index in [4.69, 9.17) is 4.74 Å². The third-order valence-corrected chi connectivity index (χ3v) is 2.48. The van der Waals surface area contributed by atoms with Gasteiger partial charge in [0.25, 0.3) is 0 Å². The molecule has 1 rings (SSSR count). The number of nitrogens with one attached hydrogen (secondary N) is 2. The van der Waals surface area contributed by atoms with Crippen LogP contribution in [0.25, 0.3) is 0 Å². The topological polar surface area (TPSA) is 46.2 Å². The van der Waals surface area contributed by atoms with Gasteiger partial charge < -0.3 is 15.4 Å². The van der Waals surface area contributed by atoms with Crippen LogP contribution in [0.5, 0.6) is 0 Å². The minimum Gasteiger partial charge on any atom is -0.383 e. The molecule has 4 heteroatoms. The van der Waals surface area contributed by atoms with Crippen LogP contribution in [0.3, 0.4) is 0 Å². The van der Waals surface area contributed by atoms with Crippen LogP contribution in [0.15, 0.2) is 18.3 Å². The highest BCUT2D eigenvalue weighted by atomic mass is 16.5. The van der Waals surface area contributed by atoms with E-state index >= 15 is 0 Å². The first-order valence-electron chi connectivity index (χ1n) is 6.15. The number of rotatable bonds is 9. The number of aromatic nitrogens is 1. The van der Waals surface area contributed by atoms with E-state index in [9.17, 15) is 0 Å². The third-order valence-electron chi connectivity index (χ3n) is 2.48. The standard InChI is InChI=1S/C13H23N3O/c1-12-10-13(4-7-16-12)11-15-6-3-5-14-8-9-17-2/h4,7,10,14-15H,3,5-6,8-9,11H2,1-2H3. The fraction of sp³-hybridized carbons (Fsp3) is 0.615. The molecule has 17 heavy (non-hydrogen) atoms. The van der Waals surface area contributed by atoms with Gasteiger partial charge in [-0.1, -0.05) is 0 Å². The van der Waals surface area contributed by atoms with E-state index < -0.39 is 0 Å². The lowest BCUT2D eigenvalue weighted by Gasteiger charge is -2.06. The van der Waals surface area contributed by atoms with Crippen LogP contribution in [0.2, 0.25) is 0 Å². The van der Waals surface area contributed by atoms with Gasteiger partial charge in [0, 0.05) is 32.1 Å². The average molecular weight is 237 g/mol. The Morgan fingerprint density at radius 3 is 2.82 bits per heavy atom. The Morgan fingerprint density at radius 2 is 2.06 bits per heavy atom. The monoisotopic (exact) mass is 237 g/mol. The first kappa shape index (κ1) is 14.1. The van der Waals surface area contributed by atoms with Crippen LogP contribution in [0, 0.1) is 6.92 Å². The highest BCUT2D eigenvalue weighted by molar-refractivity contribution is 5.14. The zero-order valence-electron chi connectivity index (χ0n) is 10.8. The number of aryl methyl sites for hydroxylation is 1. The minimum atomic E-state index is 0.781. The van der Waals surface area contributed by atoms with E-state index in [1.165, 1.54) is 5.56 Å². The van der Waals surface area contributed by atoms with E-state index in [1.807, 2.05) is 13.1 Å². The molecule has 1 heterocycles. The molecule has 0 unspecified atom stereocenters. The summed E-state index contributed by atoms with van der Waals surface area (Å²) >= 11 is 0. The molecule has 0 aliphatic carbocycles. The maximum Gasteiger partial charge on any atom is 0.0587 e. The third kappa shape index (κ3) is 7.05. The molecule has 0 saturated carbocycles. The maximum atomic E-state index is 4.95. The first-order chi connectivity index (χ1) is 8.33. The predicted molar refractivity (Wildman–Crippen MR) is 70.0 cm³/mol. The van der Waals surface area contributed by atoms with Gasteiger partial charge in [-0.25, -0.2) is 0 Å². The number of hydrogen-bond acceptors (Lipinski definition) is 4. The molecule has 0 amide bonds. The second-order valence-electron chi connectivity index (χ2n) is 4.08. The molecule has 1 aromatic rings. The normalized spacial score (nSPS) is 10.7. The fourth-order valence-corrected chi connectivity index (χ4v) is 1.58. The summed E-state index contributed by atoms with van der Waals surface area (Å²) in [6.07, 6.45) is 2.99. The summed E-state index contributed by atoms with van der Waals surface area (Å²) in [6.45, 7) is 6.71. The van der Waals surface area contributed by atoms with Gasteiger partial charge in [-0.05, 0) is 44.1 Å². The number of hydrogen-bond donors (Lipinski definition) is 2. The minimum absolute atomic E-state index is 0.781. The summed E-state index contributed by atoms with van der Waals surface area (Å²) in [5.74, 6) is 0. The Morgan fingerprint density at radius 1 is 1.24 bits per heavy atom. The van der Waals surface area contributed by atoms with Gasteiger partial charge in [-0.3, -0.25) is 4.98 Å². The molecular formula is C13H23N3O. The molecule has 0 aliphatic heterocycles. The zero-order chi connectivity index (χ0) is 12.3. The van der Waals surface area contributed by atoms with Gasteiger partial charge in [-0.2, -0.15) is 0 Å². The van der Waals surface area contributed by atoms with Crippen molar-refractivity contribution in [1.29, 1.82) is 0 Å². The van der Waals surface area contributed by atoms with Crippen LogP contribution in [0.4, 0.5) is 0 Å². The number of nitrogens with zero attached hydrogens (tertiary/aromatic N) is 1. The molecule has 2 N–H and O–H groups in total. The summed E-state index contributed by atoms with van der Waals surface area (Å²) < 4.78 is 4.95. The second-order valence-corrected chi connectivity index (χ2v) is 4.08. The van der Waals surface area contributed by atoms with Gasteiger partial charge in [0.1, 0.15) is 0 Å². The van der Waals surface area contributed by atoms with Crippen LogP contribution < -0.4 is 10.6 Å². The van der Waals surface area contributed by atoms with E-state index in [1.54, 1.807) is 7.11 Å². The van der Waals surface area contributed by atoms with Crippen molar-refractivity contribution in [1.82, 2.24) is 15.6 Å². The van der Waals surface area contributed by atoms with Crippen molar-refractivity contribution >= 4 is 0 Å². The van der Waals surface area contributed by atoms with E-state index in [2.05, 4.69) is 27.8 Å². The Hall–Kier alpha value is -0.970. The molecule has 1 aromatic heterocycles. The summed E-state index contributed by atoms with van der Waals surface area (Å²) in [5, 5.41) is 6.74. The van der Waals surface area contributed by atoms with Crippen LogP contribution in [-0.2, 0) is 11.3 Å². The Labute approximate surface area is 104 Å². The summed E-state index contributed by atoms with van der Waals surface area (Å²) in [6, 6.07) is 4.17. The van der Waals surface area contributed by atoms with E-state index in [0.29, 0.717) is 0 Å². The molecule has 0 aromatic carbocycles. The Balaban J connectivity index is 1.97. The van der Waals surface area contributed by atoms with Crippen molar-refractivity contribution in [3.8, 4) is 0 Å². The molecule has 4 nitrogen and oxygen atoms in total. The molecule has 0 radical (unpaired) electrons. The van der Waals surface area contributed by atoms with Crippen LogP contribution in [0.1, 0.15) is 17.7 Å². The second kappa shape index (κ2) is 9.10. The smallest absolute Gasteiger partial charge is 0.0587 e. The lowest BCUT2D eigenvalue weighted by molar-refractivity contribution is 0.199. The molecule has 96 valence electrons. The largest absolute Gasteiger partial charge is 0.383 e.